The average Bonchev–Trinajstić information content (AvgIpc) is 2.94. The molecule has 3 heteroatoms. The minimum Gasteiger partial charge on any atom is -0.343 e. The van der Waals surface area contributed by atoms with E-state index in [2.05, 4.69) is 22.7 Å². The van der Waals surface area contributed by atoms with Gasteiger partial charge in [-0.25, -0.2) is 0 Å². The predicted octanol–water partition coefficient (Wildman–Crippen LogP) is 2.51. The van der Waals surface area contributed by atoms with Crippen LogP contribution in [-0.4, -0.2) is 9.55 Å². The zero-order chi connectivity index (χ0) is 12.3. The first-order valence-electron chi connectivity index (χ1n) is 6.38. The molecule has 2 aromatic heterocycles. The topological polar surface area (TPSA) is 37.8 Å². The molecule has 1 aromatic carbocycles. The molecular formula is C15H14N2O. The van der Waals surface area contributed by atoms with Crippen LogP contribution >= 0.6 is 0 Å². The lowest BCUT2D eigenvalue weighted by Gasteiger charge is -2.04. The summed E-state index contributed by atoms with van der Waals surface area (Å²) in [4.78, 5) is 15.4. The first-order valence-corrected chi connectivity index (χ1v) is 6.38. The maximum absolute atomic E-state index is 12.3. The molecule has 0 aliphatic heterocycles. The van der Waals surface area contributed by atoms with Gasteiger partial charge in [0.2, 0.25) is 0 Å². The van der Waals surface area contributed by atoms with E-state index in [1.54, 1.807) is 0 Å². The Kier molecular flexibility index (Phi) is 1.80. The molecule has 0 spiro atoms. The molecule has 0 unspecified atom stereocenters. The third-order valence-corrected chi connectivity index (χ3v) is 4.10. The van der Waals surface area contributed by atoms with Gasteiger partial charge in [0.1, 0.15) is 0 Å². The highest BCUT2D eigenvalue weighted by molar-refractivity contribution is 6.08. The maximum Gasteiger partial charge on any atom is 0.258 e. The number of para-hydroxylation sites is 1. The fourth-order valence-corrected chi connectivity index (χ4v) is 3.32. The number of nitrogens with zero attached hydrogens (tertiary/aromatic N) is 1. The van der Waals surface area contributed by atoms with Crippen molar-refractivity contribution in [1.82, 2.24) is 9.55 Å². The minimum absolute atomic E-state index is 0.0578. The number of hydrogen-bond donors (Lipinski definition) is 1. The summed E-state index contributed by atoms with van der Waals surface area (Å²) in [6.45, 7) is 0. The number of rotatable bonds is 0. The third-order valence-electron chi connectivity index (χ3n) is 4.10. The molecular weight excluding hydrogens is 224 g/mol. The molecule has 90 valence electrons. The molecule has 4 rings (SSSR count). The van der Waals surface area contributed by atoms with Crippen LogP contribution < -0.4 is 5.56 Å². The van der Waals surface area contributed by atoms with Gasteiger partial charge in [0.05, 0.1) is 10.9 Å². The van der Waals surface area contributed by atoms with Crippen LogP contribution in [0.5, 0.6) is 0 Å². The highest BCUT2D eigenvalue weighted by atomic mass is 16.1. The van der Waals surface area contributed by atoms with E-state index in [9.17, 15) is 4.79 Å². The van der Waals surface area contributed by atoms with Crippen LogP contribution in [0.1, 0.15) is 17.7 Å². The van der Waals surface area contributed by atoms with Gasteiger partial charge < -0.3 is 9.55 Å². The summed E-state index contributed by atoms with van der Waals surface area (Å²) in [5.41, 5.74) is 4.80. The van der Waals surface area contributed by atoms with E-state index in [4.69, 9.17) is 0 Å². The Morgan fingerprint density at radius 2 is 2.06 bits per heavy atom. The minimum atomic E-state index is 0.0578. The molecule has 18 heavy (non-hydrogen) atoms. The fraction of sp³-hybridized carbons (Fsp3) is 0.267. The number of hydrogen-bond acceptors (Lipinski definition) is 1. The van der Waals surface area contributed by atoms with Gasteiger partial charge in [-0.15, -0.1) is 0 Å². The zero-order valence-corrected chi connectivity index (χ0v) is 10.3. The Morgan fingerprint density at radius 3 is 2.94 bits per heavy atom. The summed E-state index contributed by atoms with van der Waals surface area (Å²) in [5.74, 6) is 0. The third kappa shape index (κ3) is 1.07. The van der Waals surface area contributed by atoms with Gasteiger partial charge >= 0.3 is 0 Å². The summed E-state index contributed by atoms with van der Waals surface area (Å²) >= 11 is 0. The van der Waals surface area contributed by atoms with E-state index in [-0.39, 0.29) is 5.56 Å². The van der Waals surface area contributed by atoms with Gasteiger partial charge in [0.25, 0.3) is 5.56 Å². The van der Waals surface area contributed by atoms with Crippen molar-refractivity contribution < 1.29 is 0 Å². The SMILES string of the molecule is Cn1c2ccccc2c2c(=O)[nH]c3c(c21)CCC3. The van der Waals surface area contributed by atoms with Crippen LogP contribution in [0.25, 0.3) is 21.8 Å². The molecule has 1 N–H and O–H groups in total. The molecule has 2 heterocycles. The van der Waals surface area contributed by atoms with Crippen molar-refractivity contribution in [3.63, 3.8) is 0 Å². The number of fused-ring (bicyclic) bond motifs is 5. The van der Waals surface area contributed by atoms with Crippen molar-refractivity contribution in [2.75, 3.05) is 0 Å². The second kappa shape index (κ2) is 3.25. The smallest absolute Gasteiger partial charge is 0.258 e. The van der Waals surface area contributed by atoms with Crippen LogP contribution in [-0.2, 0) is 19.9 Å². The fourth-order valence-electron chi connectivity index (χ4n) is 3.32. The van der Waals surface area contributed by atoms with E-state index < -0.39 is 0 Å². The summed E-state index contributed by atoms with van der Waals surface area (Å²) < 4.78 is 2.17. The Morgan fingerprint density at radius 1 is 1.22 bits per heavy atom. The lowest BCUT2D eigenvalue weighted by molar-refractivity contribution is 0.896. The molecule has 0 bridgehead atoms. The molecule has 1 aliphatic carbocycles. The van der Waals surface area contributed by atoms with Crippen molar-refractivity contribution in [2.24, 2.45) is 7.05 Å². The Labute approximate surface area is 104 Å². The largest absolute Gasteiger partial charge is 0.343 e. The van der Waals surface area contributed by atoms with Crippen LogP contribution in [0.2, 0.25) is 0 Å². The number of nitrogens with one attached hydrogen (secondary N) is 1. The van der Waals surface area contributed by atoms with Crippen molar-refractivity contribution >= 4 is 21.8 Å². The van der Waals surface area contributed by atoms with Crippen LogP contribution in [0.15, 0.2) is 29.1 Å². The van der Waals surface area contributed by atoms with Crippen molar-refractivity contribution in [2.45, 2.75) is 19.3 Å². The van der Waals surface area contributed by atoms with E-state index in [0.717, 1.165) is 46.8 Å². The summed E-state index contributed by atoms with van der Waals surface area (Å²) in [7, 11) is 2.06. The standard InChI is InChI=1S/C15H14N2O/c1-17-12-8-3-2-5-10(12)13-14(17)9-6-4-7-11(9)16-15(13)18/h2-3,5,8H,4,6-7H2,1H3,(H,16,18). The van der Waals surface area contributed by atoms with E-state index in [1.807, 2.05) is 18.2 Å². The zero-order valence-electron chi connectivity index (χ0n) is 10.3. The van der Waals surface area contributed by atoms with Crippen LogP contribution in [0.4, 0.5) is 0 Å². The molecule has 0 fully saturated rings. The lowest BCUT2D eigenvalue weighted by Crippen LogP contribution is -2.10. The van der Waals surface area contributed by atoms with Gasteiger partial charge in [0, 0.05) is 23.6 Å². The van der Waals surface area contributed by atoms with Gasteiger partial charge in [0.15, 0.2) is 0 Å². The summed E-state index contributed by atoms with van der Waals surface area (Å²) in [6.07, 6.45) is 3.22. The Hall–Kier alpha value is -2.03. The monoisotopic (exact) mass is 238 g/mol. The number of benzene rings is 1. The van der Waals surface area contributed by atoms with E-state index >= 15 is 0 Å². The van der Waals surface area contributed by atoms with Crippen LogP contribution in [0.3, 0.4) is 0 Å². The Balaban J connectivity index is 2.37. The van der Waals surface area contributed by atoms with Gasteiger partial charge in [-0.1, -0.05) is 18.2 Å². The molecule has 0 atom stereocenters. The molecule has 0 amide bonds. The quantitative estimate of drug-likeness (QED) is 0.642. The first-order chi connectivity index (χ1) is 8.77. The second-order valence-electron chi connectivity index (χ2n) is 5.06. The molecule has 1 aliphatic rings. The molecule has 0 saturated carbocycles. The number of aryl methyl sites for hydroxylation is 3. The number of aromatic nitrogens is 2. The van der Waals surface area contributed by atoms with Gasteiger partial charge in [-0.2, -0.15) is 0 Å². The number of H-pyrrole nitrogens is 1. The maximum atomic E-state index is 12.3. The van der Waals surface area contributed by atoms with Crippen molar-refractivity contribution in [1.29, 1.82) is 0 Å². The predicted molar refractivity (Wildman–Crippen MR) is 73.1 cm³/mol. The molecule has 3 nitrogen and oxygen atoms in total. The van der Waals surface area contributed by atoms with E-state index in [1.165, 1.54) is 5.56 Å². The molecule has 3 aromatic rings. The first kappa shape index (κ1) is 9.95. The highest BCUT2D eigenvalue weighted by Gasteiger charge is 2.21. The number of aromatic amines is 1. The normalized spacial score (nSPS) is 14.5. The Bertz CT molecular complexity index is 839. The highest BCUT2D eigenvalue weighted by Crippen LogP contribution is 2.32. The average molecular weight is 238 g/mol. The number of pyridine rings is 1. The molecule has 0 saturated heterocycles. The lowest BCUT2D eigenvalue weighted by atomic mass is 10.1. The van der Waals surface area contributed by atoms with Crippen LogP contribution in [0, 0.1) is 0 Å². The summed E-state index contributed by atoms with van der Waals surface area (Å²) in [6, 6.07) is 8.13. The van der Waals surface area contributed by atoms with Gasteiger partial charge in [-0.3, -0.25) is 4.79 Å². The second-order valence-corrected chi connectivity index (χ2v) is 5.06. The molecule has 0 radical (unpaired) electrons. The van der Waals surface area contributed by atoms with Crippen molar-refractivity contribution in [3.8, 4) is 0 Å². The van der Waals surface area contributed by atoms with Gasteiger partial charge in [-0.05, 0) is 30.9 Å². The van der Waals surface area contributed by atoms with Crippen molar-refractivity contribution in [3.05, 3.63) is 45.9 Å². The summed E-state index contributed by atoms with van der Waals surface area (Å²) in [5, 5.41) is 1.92. The van der Waals surface area contributed by atoms with E-state index in [0.29, 0.717) is 0 Å².